The van der Waals surface area contributed by atoms with Crippen LogP contribution in [0.5, 0.6) is 0 Å². The van der Waals surface area contributed by atoms with Crippen molar-refractivity contribution in [3.8, 4) is 0 Å². The van der Waals surface area contributed by atoms with Crippen LogP contribution in [0.3, 0.4) is 0 Å². The molecular weight excluding hydrogens is 290 g/mol. The van der Waals surface area contributed by atoms with Gasteiger partial charge in [0.2, 0.25) is 0 Å². The highest BCUT2D eigenvalue weighted by molar-refractivity contribution is 5.89. The molecule has 1 fully saturated rings. The molecule has 0 unspecified atom stereocenters. The summed E-state index contributed by atoms with van der Waals surface area (Å²) in [6, 6.07) is 13.5. The fraction of sp³-hybridized carbons (Fsp3) is 0.333. The van der Waals surface area contributed by atoms with Crippen molar-refractivity contribution in [3.63, 3.8) is 0 Å². The van der Waals surface area contributed by atoms with Gasteiger partial charge in [-0.15, -0.1) is 0 Å². The third-order valence-electron chi connectivity index (χ3n) is 4.40. The molecular formula is C18H21N3O2. The quantitative estimate of drug-likeness (QED) is 0.907. The van der Waals surface area contributed by atoms with E-state index < -0.39 is 5.97 Å². The molecule has 0 saturated carbocycles. The second-order valence-corrected chi connectivity index (χ2v) is 6.01. The smallest absolute Gasteiger partial charge is 0.337 e. The molecule has 1 aromatic carbocycles. The van der Waals surface area contributed by atoms with Crippen molar-refractivity contribution in [3.05, 3.63) is 59.3 Å². The molecule has 1 saturated heterocycles. The highest BCUT2D eigenvalue weighted by Gasteiger charge is 2.25. The number of likely N-dealkylation sites (tertiary alicyclic amines) is 1. The first-order valence-electron chi connectivity index (χ1n) is 7.89. The number of carboxylic acids is 1. The number of nitrogen functional groups attached to an aromatic ring is 1. The van der Waals surface area contributed by atoms with Gasteiger partial charge < -0.3 is 10.8 Å². The van der Waals surface area contributed by atoms with Gasteiger partial charge >= 0.3 is 5.97 Å². The maximum absolute atomic E-state index is 11.4. The first-order chi connectivity index (χ1) is 11.1. The average Bonchev–Trinajstić information content (AvgIpc) is 2.56. The van der Waals surface area contributed by atoms with Crippen LogP contribution in [0, 0.1) is 0 Å². The van der Waals surface area contributed by atoms with Gasteiger partial charge in [0.25, 0.3) is 0 Å². The predicted molar refractivity (Wildman–Crippen MR) is 89.3 cm³/mol. The zero-order valence-corrected chi connectivity index (χ0v) is 13.0. The van der Waals surface area contributed by atoms with Crippen LogP contribution >= 0.6 is 0 Å². The molecule has 23 heavy (non-hydrogen) atoms. The minimum atomic E-state index is -0.931. The Morgan fingerprint density at radius 2 is 1.87 bits per heavy atom. The number of nitrogens with two attached hydrogens (primary N) is 1. The molecule has 5 nitrogen and oxygen atoms in total. The largest absolute Gasteiger partial charge is 0.478 e. The van der Waals surface area contributed by atoms with Crippen LogP contribution in [0.1, 0.15) is 40.4 Å². The summed E-state index contributed by atoms with van der Waals surface area (Å²) in [5.41, 5.74) is 7.97. The molecule has 3 N–H and O–H groups in total. The third kappa shape index (κ3) is 3.68. The monoisotopic (exact) mass is 311 g/mol. The van der Waals surface area contributed by atoms with Crippen LogP contribution in [-0.2, 0) is 6.54 Å². The summed E-state index contributed by atoms with van der Waals surface area (Å²) in [7, 11) is 0. The van der Waals surface area contributed by atoms with Crippen molar-refractivity contribution < 1.29 is 9.90 Å². The van der Waals surface area contributed by atoms with Crippen LogP contribution in [0.2, 0.25) is 0 Å². The summed E-state index contributed by atoms with van der Waals surface area (Å²) >= 11 is 0. The standard InChI is InChI=1S/C18H21N3O2/c19-16-7-6-15(18(22)23)17(20-16)14-8-10-21(11-9-14)12-13-4-2-1-3-5-13/h1-7,14H,8-12H2,(H2,19,20)(H,22,23). The molecule has 0 aliphatic carbocycles. The number of anilines is 1. The van der Waals surface area contributed by atoms with E-state index in [-0.39, 0.29) is 11.5 Å². The number of aromatic nitrogens is 1. The van der Waals surface area contributed by atoms with Crippen molar-refractivity contribution in [2.75, 3.05) is 18.8 Å². The zero-order valence-electron chi connectivity index (χ0n) is 13.0. The van der Waals surface area contributed by atoms with E-state index in [1.807, 2.05) is 6.07 Å². The molecule has 3 rings (SSSR count). The Hall–Kier alpha value is -2.40. The number of pyridine rings is 1. The molecule has 5 heteroatoms. The number of aromatic carboxylic acids is 1. The lowest BCUT2D eigenvalue weighted by Gasteiger charge is -2.32. The van der Waals surface area contributed by atoms with Crippen LogP contribution in [0.25, 0.3) is 0 Å². The van der Waals surface area contributed by atoms with Crippen LogP contribution in [0.15, 0.2) is 42.5 Å². The van der Waals surface area contributed by atoms with Crippen molar-refractivity contribution in [1.82, 2.24) is 9.88 Å². The fourth-order valence-electron chi connectivity index (χ4n) is 3.19. The molecule has 2 heterocycles. The van der Waals surface area contributed by atoms with Gasteiger partial charge in [0.05, 0.1) is 11.3 Å². The molecule has 1 aliphatic rings. The molecule has 0 atom stereocenters. The molecule has 0 amide bonds. The van der Waals surface area contributed by atoms with Gasteiger partial charge in [0, 0.05) is 12.5 Å². The Morgan fingerprint density at radius 3 is 2.52 bits per heavy atom. The predicted octanol–water partition coefficient (Wildman–Crippen LogP) is 2.74. The van der Waals surface area contributed by atoms with Crippen molar-refractivity contribution in [2.24, 2.45) is 0 Å². The highest BCUT2D eigenvalue weighted by Crippen LogP contribution is 2.30. The maximum atomic E-state index is 11.4. The molecule has 1 aromatic heterocycles. The fourth-order valence-corrected chi connectivity index (χ4v) is 3.19. The van der Waals surface area contributed by atoms with E-state index in [2.05, 4.69) is 34.1 Å². The minimum Gasteiger partial charge on any atom is -0.478 e. The average molecular weight is 311 g/mol. The molecule has 1 aliphatic heterocycles. The molecule has 120 valence electrons. The topological polar surface area (TPSA) is 79.5 Å². The Morgan fingerprint density at radius 1 is 1.17 bits per heavy atom. The summed E-state index contributed by atoms with van der Waals surface area (Å²) in [5, 5.41) is 9.34. The van der Waals surface area contributed by atoms with Gasteiger partial charge in [-0.05, 0) is 43.6 Å². The van der Waals surface area contributed by atoms with Gasteiger partial charge in [-0.1, -0.05) is 30.3 Å². The molecule has 2 aromatic rings. The number of benzene rings is 1. The van der Waals surface area contributed by atoms with Gasteiger partial charge in [-0.3, -0.25) is 4.90 Å². The van der Waals surface area contributed by atoms with Gasteiger partial charge in [-0.2, -0.15) is 0 Å². The Labute approximate surface area is 135 Å². The van der Waals surface area contributed by atoms with E-state index in [9.17, 15) is 9.90 Å². The lowest BCUT2D eigenvalue weighted by molar-refractivity contribution is 0.0693. The third-order valence-corrected chi connectivity index (χ3v) is 4.40. The molecule has 0 spiro atoms. The summed E-state index contributed by atoms with van der Waals surface area (Å²) < 4.78 is 0. The summed E-state index contributed by atoms with van der Waals surface area (Å²) in [6.45, 7) is 2.81. The van der Waals surface area contributed by atoms with Crippen LogP contribution in [0.4, 0.5) is 5.82 Å². The summed E-state index contributed by atoms with van der Waals surface area (Å²) in [6.07, 6.45) is 1.81. The highest BCUT2D eigenvalue weighted by atomic mass is 16.4. The minimum absolute atomic E-state index is 0.164. The Balaban J connectivity index is 1.67. The number of hydrogen-bond donors (Lipinski definition) is 2. The normalized spacial score (nSPS) is 16.3. The Kier molecular flexibility index (Phi) is 4.57. The van der Waals surface area contributed by atoms with E-state index in [0.717, 1.165) is 32.5 Å². The van der Waals surface area contributed by atoms with Crippen molar-refractivity contribution in [2.45, 2.75) is 25.3 Å². The number of rotatable bonds is 4. The van der Waals surface area contributed by atoms with Gasteiger partial charge in [-0.25, -0.2) is 9.78 Å². The van der Waals surface area contributed by atoms with Gasteiger partial charge in [0.15, 0.2) is 0 Å². The van der Waals surface area contributed by atoms with E-state index in [0.29, 0.717) is 11.5 Å². The summed E-state index contributed by atoms with van der Waals surface area (Å²) in [4.78, 5) is 18.1. The van der Waals surface area contributed by atoms with Gasteiger partial charge in [0.1, 0.15) is 5.82 Å². The van der Waals surface area contributed by atoms with Crippen LogP contribution in [-0.4, -0.2) is 34.0 Å². The second kappa shape index (κ2) is 6.79. The second-order valence-electron chi connectivity index (χ2n) is 6.01. The van der Waals surface area contributed by atoms with Crippen molar-refractivity contribution >= 4 is 11.8 Å². The first-order valence-corrected chi connectivity index (χ1v) is 7.89. The molecule has 0 radical (unpaired) electrons. The molecule has 0 bridgehead atoms. The van der Waals surface area contributed by atoms with E-state index >= 15 is 0 Å². The van der Waals surface area contributed by atoms with E-state index in [4.69, 9.17) is 5.73 Å². The maximum Gasteiger partial charge on any atom is 0.337 e. The first kappa shape index (κ1) is 15.5. The zero-order chi connectivity index (χ0) is 16.2. The number of carboxylic acid groups (broad SMARTS) is 1. The number of piperidine rings is 1. The number of hydrogen-bond acceptors (Lipinski definition) is 4. The Bertz CT molecular complexity index is 680. The SMILES string of the molecule is Nc1ccc(C(=O)O)c(C2CCN(Cc3ccccc3)CC2)n1. The van der Waals surface area contributed by atoms with E-state index in [1.165, 1.54) is 5.56 Å². The van der Waals surface area contributed by atoms with Crippen LogP contribution < -0.4 is 5.73 Å². The number of nitrogens with zero attached hydrogens (tertiary/aromatic N) is 2. The number of carbonyl (C=O) groups is 1. The summed E-state index contributed by atoms with van der Waals surface area (Å²) in [5.74, 6) is -0.382. The lowest BCUT2D eigenvalue weighted by atomic mass is 9.90. The lowest BCUT2D eigenvalue weighted by Crippen LogP contribution is -2.33. The van der Waals surface area contributed by atoms with Crippen molar-refractivity contribution in [1.29, 1.82) is 0 Å². The van der Waals surface area contributed by atoms with E-state index in [1.54, 1.807) is 12.1 Å².